The van der Waals surface area contributed by atoms with Crippen LogP contribution in [0.1, 0.15) is 21.5 Å². The van der Waals surface area contributed by atoms with Gasteiger partial charge < -0.3 is 0 Å². The number of nitrogens with zero attached hydrogens (tertiary/aromatic N) is 3. The summed E-state index contributed by atoms with van der Waals surface area (Å²) >= 11 is 0. The smallest absolute Gasteiger partial charge is 0.269 e. The van der Waals surface area contributed by atoms with Crippen molar-refractivity contribution >= 4 is 17.2 Å². The minimum atomic E-state index is -0.507. The molecule has 8 nitrogen and oxygen atoms in total. The standard InChI is InChI=1S/C20H16N3O5/c24-20(17-3-7-19(8-4-17)23(27)28)14-21-11-9-16(10-12-21)13-15-1-5-18(6-2-15)22(25)26/h1-12H,13-14H2/q+1. The number of ketones is 1. The Morgan fingerprint density at radius 2 is 1.21 bits per heavy atom. The minimum absolute atomic E-state index is 0.0550. The molecule has 0 saturated carbocycles. The van der Waals surface area contributed by atoms with Crippen LogP contribution in [-0.2, 0) is 13.0 Å². The van der Waals surface area contributed by atoms with Crippen LogP contribution in [0.5, 0.6) is 0 Å². The number of non-ortho nitro benzene ring substituents is 2. The molecule has 140 valence electrons. The van der Waals surface area contributed by atoms with Crippen molar-refractivity contribution in [2.75, 3.05) is 0 Å². The lowest BCUT2D eigenvalue weighted by molar-refractivity contribution is -0.683. The highest BCUT2D eigenvalue weighted by Gasteiger charge is 2.14. The fourth-order valence-electron chi connectivity index (χ4n) is 2.71. The van der Waals surface area contributed by atoms with Gasteiger partial charge in [0.2, 0.25) is 12.3 Å². The van der Waals surface area contributed by atoms with Gasteiger partial charge in [-0.3, -0.25) is 25.0 Å². The van der Waals surface area contributed by atoms with Gasteiger partial charge in [-0.2, -0.15) is 4.57 Å². The van der Waals surface area contributed by atoms with Crippen LogP contribution in [0.15, 0.2) is 73.1 Å². The molecular formula is C20H16N3O5+. The zero-order valence-corrected chi connectivity index (χ0v) is 14.7. The Balaban J connectivity index is 1.62. The monoisotopic (exact) mass is 378 g/mol. The van der Waals surface area contributed by atoms with Gasteiger partial charge in [-0.05, 0) is 29.7 Å². The summed E-state index contributed by atoms with van der Waals surface area (Å²) in [5.41, 5.74) is 2.37. The van der Waals surface area contributed by atoms with Gasteiger partial charge in [0.25, 0.3) is 11.4 Å². The van der Waals surface area contributed by atoms with Crippen molar-refractivity contribution in [2.45, 2.75) is 13.0 Å². The molecule has 0 bridgehead atoms. The summed E-state index contributed by atoms with van der Waals surface area (Å²) < 4.78 is 1.73. The quantitative estimate of drug-likeness (QED) is 0.271. The lowest BCUT2D eigenvalue weighted by atomic mass is 10.1. The first-order chi connectivity index (χ1) is 13.4. The largest absolute Gasteiger partial charge is 0.287 e. The summed E-state index contributed by atoms with van der Waals surface area (Å²) in [6, 6.07) is 15.7. The topological polar surface area (TPSA) is 107 Å². The second kappa shape index (κ2) is 8.17. The van der Waals surface area contributed by atoms with E-state index in [1.807, 2.05) is 12.1 Å². The molecule has 3 aromatic rings. The summed E-state index contributed by atoms with van der Waals surface area (Å²) in [4.78, 5) is 32.7. The molecule has 3 rings (SSSR count). The zero-order chi connectivity index (χ0) is 20.1. The van der Waals surface area contributed by atoms with Gasteiger partial charge in [-0.25, -0.2) is 0 Å². The van der Waals surface area contributed by atoms with E-state index in [-0.39, 0.29) is 23.7 Å². The number of nitro groups is 2. The number of carbonyl (C=O) groups is 1. The molecular weight excluding hydrogens is 362 g/mol. The average Bonchev–Trinajstić information content (AvgIpc) is 2.70. The van der Waals surface area contributed by atoms with E-state index in [1.165, 1.54) is 36.4 Å². The average molecular weight is 378 g/mol. The molecule has 0 fully saturated rings. The number of rotatable bonds is 7. The molecule has 0 radical (unpaired) electrons. The van der Waals surface area contributed by atoms with Crippen LogP contribution in [0.2, 0.25) is 0 Å². The van der Waals surface area contributed by atoms with Crippen LogP contribution in [-0.4, -0.2) is 15.6 Å². The van der Waals surface area contributed by atoms with Gasteiger partial charge in [-0.15, -0.1) is 0 Å². The van der Waals surface area contributed by atoms with Crippen LogP contribution in [0, 0.1) is 20.2 Å². The van der Waals surface area contributed by atoms with Crippen LogP contribution < -0.4 is 4.57 Å². The van der Waals surface area contributed by atoms with Crippen molar-refractivity contribution in [3.63, 3.8) is 0 Å². The highest BCUT2D eigenvalue weighted by atomic mass is 16.6. The normalized spacial score (nSPS) is 10.4. The molecule has 28 heavy (non-hydrogen) atoms. The third-order valence-corrected chi connectivity index (χ3v) is 4.24. The molecule has 0 spiro atoms. The van der Waals surface area contributed by atoms with E-state index in [0.29, 0.717) is 12.0 Å². The molecule has 8 heteroatoms. The fraction of sp³-hybridized carbons (Fsp3) is 0.100. The van der Waals surface area contributed by atoms with Gasteiger partial charge in [-0.1, -0.05) is 12.1 Å². The maximum Gasteiger partial charge on any atom is 0.269 e. The highest BCUT2D eigenvalue weighted by molar-refractivity contribution is 5.95. The highest BCUT2D eigenvalue weighted by Crippen LogP contribution is 2.15. The van der Waals surface area contributed by atoms with Crippen molar-refractivity contribution in [2.24, 2.45) is 0 Å². The van der Waals surface area contributed by atoms with Gasteiger partial charge in [0.15, 0.2) is 12.4 Å². The van der Waals surface area contributed by atoms with E-state index in [1.54, 1.807) is 29.1 Å². The molecule has 0 atom stereocenters. The SMILES string of the molecule is O=C(C[n+]1ccc(Cc2ccc([N+](=O)[O-])cc2)cc1)c1ccc([N+](=O)[O-])cc1. The summed E-state index contributed by atoms with van der Waals surface area (Å²) in [6.45, 7) is 0.121. The molecule has 0 aliphatic heterocycles. The summed E-state index contributed by atoms with van der Waals surface area (Å²) in [7, 11) is 0. The van der Waals surface area contributed by atoms with Crippen LogP contribution >= 0.6 is 0 Å². The first kappa shape index (κ1) is 18.8. The predicted molar refractivity (Wildman–Crippen MR) is 100.0 cm³/mol. The van der Waals surface area contributed by atoms with Gasteiger partial charge in [0, 0.05) is 42.0 Å². The first-order valence-electron chi connectivity index (χ1n) is 8.41. The Labute approximate surface area is 160 Å². The number of hydrogen-bond acceptors (Lipinski definition) is 5. The number of hydrogen-bond donors (Lipinski definition) is 0. The van der Waals surface area contributed by atoms with Crippen LogP contribution in [0.25, 0.3) is 0 Å². The molecule has 0 aliphatic rings. The summed E-state index contributed by atoms with van der Waals surface area (Å²) in [5.74, 6) is -0.150. The van der Waals surface area contributed by atoms with E-state index >= 15 is 0 Å². The van der Waals surface area contributed by atoms with E-state index in [2.05, 4.69) is 0 Å². The summed E-state index contributed by atoms with van der Waals surface area (Å²) in [6.07, 6.45) is 4.18. The second-order valence-electron chi connectivity index (χ2n) is 6.21. The molecule has 1 heterocycles. The van der Waals surface area contributed by atoms with Crippen molar-refractivity contribution in [3.8, 4) is 0 Å². The molecule has 1 aromatic heterocycles. The zero-order valence-electron chi connectivity index (χ0n) is 14.7. The molecule has 0 aliphatic carbocycles. The number of benzene rings is 2. The van der Waals surface area contributed by atoms with Crippen molar-refractivity contribution < 1.29 is 19.2 Å². The molecule has 0 saturated heterocycles. The van der Waals surface area contributed by atoms with Crippen molar-refractivity contribution in [1.29, 1.82) is 0 Å². The summed E-state index contributed by atoms with van der Waals surface area (Å²) in [5, 5.41) is 21.4. The number of nitro benzene ring substituents is 2. The lowest BCUT2D eigenvalue weighted by Crippen LogP contribution is -2.37. The second-order valence-corrected chi connectivity index (χ2v) is 6.21. The molecule has 0 N–H and O–H groups in total. The Kier molecular flexibility index (Phi) is 5.50. The third-order valence-electron chi connectivity index (χ3n) is 4.24. The number of pyridine rings is 1. The van der Waals surface area contributed by atoms with Gasteiger partial charge in [0.05, 0.1) is 9.85 Å². The lowest BCUT2D eigenvalue weighted by Gasteiger charge is -2.02. The third kappa shape index (κ3) is 4.61. The Morgan fingerprint density at radius 1 is 0.750 bits per heavy atom. The Bertz CT molecular complexity index is 1010. The molecule has 0 unspecified atom stereocenters. The maximum absolute atomic E-state index is 12.3. The maximum atomic E-state index is 12.3. The van der Waals surface area contributed by atoms with Crippen LogP contribution in [0.3, 0.4) is 0 Å². The fourth-order valence-corrected chi connectivity index (χ4v) is 2.71. The predicted octanol–water partition coefficient (Wildman–Crippen LogP) is 3.26. The van der Waals surface area contributed by atoms with Gasteiger partial charge >= 0.3 is 0 Å². The van der Waals surface area contributed by atoms with Gasteiger partial charge in [0.1, 0.15) is 0 Å². The van der Waals surface area contributed by atoms with E-state index in [9.17, 15) is 25.0 Å². The number of Topliss-reactive ketones (excluding diaryl/α,β-unsaturated/α-hetero) is 1. The van der Waals surface area contributed by atoms with E-state index in [4.69, 9.17) is 0 Å². The number of aromatic nitrogens is 1. The Morgan fingerprint density at radius 3 is 1.71 bits per heavy atom. The number of carbonyl (C=O) groups excluding carboxylic acids is 1. The Hall–Kier alpha value is -3.94. The minimum Gasteiger partial charge on any atom is -0.287 e. The molecule has 0 amide bonds. The van der Waals surface area contributed by atoms with E-state index in [0.717, 1.165) is 11.1 Å². The molecule has 2 aromatic carbocycles. The van der Waals surface area contributed by atoms with Crippen LogP contribution in [0.4, 0.5) is 11.4 Å². The van der Waals surface area contributed by atoms with Crippen molar-refractivity contribution in [1.82, 2.24) is 0 Å². The first-order valence-corrected chi connectivity index (χ1v) is 8.41. The van der Waals surface area contributed by atoms with Crippen molar-refractivity contribution in [3.05, 3.63) is 110 Å². The van der Waals surface area contributed by atoms with E-state index < -0.39 is 9.85 Å².